The van der Waals surface area contributed by atoms with Gasteiger partial charge in [-0.1, -0.05) is 111 Å². The Bertz CT molecular complexity index is 2360. The van der Waals surface area contributed by atoms with Crippen LogP contribution < -0.4 is 0 Å². The predicted octanol–water partition coefficient (Wildman–Crippen LogP) is 10.4. The maximum atomic E-state index is 5.18. The first-order chi connectivity index (χ1) is 21.1. The lowest BCUT2D eigenvalue weighted by Gasteiger charge is -2.21. The minimum Gasteiger partial charge on any atom is -0.307 e. The van der Waals surface area contributed by atoms with Crippen molar-refractivity contribution in [2.45, 2.75) is 19.3 Å². The smallest absolute Gasteiger partial charge is 0.160 e. The van der Waals surface area contributed by atoms with Gasteiger partial charge >= 0.3 is 0 Å². The molecule has 3 aromatic heterocycles. The van der Waals surface area contributed by atoms with E-state index in [1.807, 2.05) is 35.6 Å². The zero-order chi connectivity index (χ0) is 28.7. The summed E-state index contributed by atoms with van der Waals surface area (Å²) in [4.78, 5) is 10.3. The molecule has 1 aliphatic carbocycles. The number of hydrogen-bond donors (Lipinski definition) is 0. The van der Waals surface area contributed by atoms with Crippen molar-refractivity contribution in [2.24, 2.45) is 0 Å². The monoisotopic (exact) mass is 569 g/mol. The van der Waals surface area contributed by atoms with Crippen LogP contribution in [0, 0.1) is 0 Å². The van der Waals surface area contributed by atoms with E-state index in [1.54, 1.807) is 0 Å². The van der Waals surface area contributed by atoms with Crippen molar-refractivity contribution in [3.05, 3.63) is 138 Å². The molecule has 0 saturated heterocycles. The third kappa shape index (κ3) is 3.47. The lowest BCUT2D eigenvalue weighted by Crippen LogP contribution is -2.14. The van der Waals surface area contributed by atoms with Gasteiger partial charge in [-0.15, -0.1) is 11.3 Å². The van der Waals surface area contributed by atoms with Gasteiger partial charge in [-0.25, -0.2) is 9.97 Å². The molecule has 0 aliphatic heterocycles. The van der Waals surface area contributed by atoms with Crippen LogP contribution in [0.3, 0.4) is 0 Å². The molecule has 1 aliphatic rings. The molecule has 0 fully saturated rings. The highest BCUT2D eigenvalue weighted by molar-refractivity contribution is 7.18. The van der Waals surface area contributed by atoms with Gasteiger partial charge in [0.1, 0.15) is 0 Å². The van der Waals surface area contributed by atoms with E-state index in [-0.39, 0.29) is 5.41 Å². The van der Waals surface area contributed by atoms with Gasteiger partial charge in [-0.05, 0) is 46.2 Å². The van der Waals surface area contributed by atoms with Crippen molar-refractivity contribution in [2.75, 3.05) is 0 Å². The highest BCUT2D eigenvalue weighted by atomic mass is 32.1. The largest absolute Gasteiger partial charge is 0.307 e. The topological polar surface area (TPSA) is 30.7 Å². The normalized spacial score (nSPS) is 13.5. The Morgan fingerprint density at radius 1 is 0.674 bits per heavy atom. The molecule has 3 heterocycles. The van der Waals surface area contributed by atoms with Crippen molar-refractivity contribution in [1.82, 2.24) is 14.5 Å². The molecule has 8 aromatic rings. The van der Waals surface area contributed by atoms with Crippen molar-refractivity contribution in [3.8, 4) is 39.6 Å². The summed E-state index contributed by atoms with van der Waals surface area (Å²) in [6.45, 7) is 4.73. The van der Waals surface area contributed by atoms with Crippen LogP contribution in [0.25, 0.3) is 71.5 Å². The fourth-order valence-electron chi connectivity index (χ4n) is 7.10. The summed E-state index contributed by atoms with van der Waals surface area (Å²) in [5.41, 5.74) is 11.6. The number of hydrogen-bond acceptors (Lipinski definition) is 3. The molecule has 9 rings (SSSR count). The molecule has 0 spiro atoms. The lowest BCUT2D eigenvalue weighted by atomic mass is 9.81. The number of rotatable bonds is 3. The van der Waals surface area contributed by atoms with Crippen molar-refractivity contribution < 1.29 is 0 Å². The molecule has 0 radical (unpaired) electrons. The van der Waals surface area contributed by atoms with Gasteiger partial charge in [0.05, 0.1) is 27.1 Å². The summed E-state index contributed by atoms with van der Waals surface area (Å²) < 4.78 is 3.82. The van der Waals surface area contributed by atoms with Crippen molar-refractivity contribution >= 4 is 43.2 Å². The third-order valence-electron chi connectivity index (χ3n) is 9.05. The number of benzene rings is 5. The quantitative estimate of drug-likeness (QED) is 0.212. The average molecular weight is 570 g/mol. The summed E-state index contributed by atoms with van der Waals surface area (Å²) in [6.07, 6.45) is 0. The molecule has 4 heteroatoms. The van der Waals surface area contributed by atoms with Crippen LogP contribution in [-0.4, -0.2) is 14.5 Å². The maximum Gasteiger partial charge on any atom is 0.160 e. The van der Waals surface area contributed by atoms with Crippen LogP contribution >= 0.6 is 11.3 Å². The first-order valence-corrected chi connectivity index (χ1v) is 15.6. The summed E-state index contributed by atoms with van der Waals surface area (Å²) in [6, 6.07) is 43.2. The molecule has 0 bridgehead atoms. The van der Waals surface area contributed by atoms with E-state index in [2.05, 4.69) is 121 Å². The van der Waals surface area contributed by atoms with Crippen LogP contribution in [0.5, 0.6) is 0 Å². The second-order valence-corrected chi connectivity index (χ2v) is 12.8. The summed E-state index contributed by atoms with van der Waals surface area (Å²) in [7, 11) is 0. The van der Waals surface area contributed by atoms with Crippen molar-refractivity contribution in [3.63, 3.8) is 0 Å². The molecule has 0 saturated carbocycles. The third-order valence-corrected chi connectivity index (χ3v) is 9.98. The van der Waals surface area contributed by atoms with Gasteiger partial charge in [-0.2, -0.15) is 0 Å². The van der Waals surface area contributed by atoms with E-state index >= 15 is 0 Å². The Kier molecular flexibility index (Phi) is 5.12. The molecule has 0 N–H and O–H groups in total. The Balaban J connectivity index is 1.39. The average Bonchev–Trinajstić information content (AvgIpc) is 3.73. The Labute approximate surface area is 253 Å². The van der Waals surface area contributed by atoms with Crippen LogP contribution in [0.15, 0.2) is 127 Å². The highest BCUT2D eigenvalue weighted by Crippen LogP contribution is 2.55. The Morgan fingerprint density at radius 2 is 1.40 bits per heavy atom. The predicted molar refractivity (Wildman–Crippen MR) is 180 cm³/mol. The molecule has 3 nitrogen and oxygen atoms in total. The fourth-order valence-corrected chi connectivity index (χ4v) is 8.03. The highest BCUT2D eigenvalue weighted by Gasteiger charge is 2.40. The van der Waals surface area contributed by atoms with E-state index in [1.165, 1.54) is 43.4 Å². The van der Waals surface area contributed by atoms with Crippen molar-refractivity contribution in [1.29, 1.82) is 0 Å². The number of nitrogens with zero attached hydrogens (tertiary/aromatic N) is 3. The van der Waals surface area contributed by atoms with Crippen LogP contribution in [-0.2, 0) is 5.41 Å². The van der Waals surface area contributed by atoms with Gasteiger partial charge < -0.3 is 4.57 Å². The molecule has 0 unspecified atom stereocenters. The van der Waals surface area contributed by atoms with E-state index in [0.717, 1.165) is 39.2 Å². The number of fused-ring (bicyclic) bond motifs is 8. The van der Waals surface area contributed by atoms with Gasteiger partial charge in [0, 0.05) is 38.6 Å². The molecule has 5 aromatic carbocycles. The fraction of sp³-hybridized carbons (Fsp3) is 0.0769. The van der Waals surface area contributed by atoms with Gasteiger partial charge in [0.15, 0.2) is 5.82 Å². The molecule has 43 heavy (non-hydrogen) atoms. The zero-order valence-corrected chi connectivity index (χ0v) is 24.7. The van der Waals surface area contributed by atoms with Crippen LogP contribution in [0.1, 0.15) is 25.0 Å². The van der Waals surface area contributed by atoms with E-state index in [9.17, 15) is 0 Å². The number of aromatic nitrogens is 3. The standard InChI is InChI=1S/C39H27N3S/c1-39(2)31-16-10-9-15-28(31)35-33(39)30-19-17-25-21-22-43-37(25)36(30)42(35)27-18-20-29-32(23-27)40-38(26-13-7-4-8-14-26)41-34(29)24-11-5-3-6-12-24/h3-23H,1-2H3. The molecule has 204 valence electrons. The lowest BCUT2D eigenvalue weighted by molar-refractivity contribution is 0.666. The SMILES string of the molecule is CC1(C)c2ccccc2-c2c1c1ccc3ccsc3c1n2-c1ccc2c(-c3ccccc3)nc(-c3ccccc3)nc2c1. The second-order valence-electron chi connectivity index (χ2n) is 11.9. The first kappa shape index (κ1) is 24.5. The Hall–Kier alpha value is -5.06. The number of thiophene rings is 1. The van der Waals surface area contributed by atoms with E-state index in [4.69, 9.17) is 9.97 Å². The summed E-state index contributed by atoms with van der Waals surface area (Å²) in [5.74, 6) is 0.735. The van der Waals surface area contributed by atoms with Crippen LogP contribution in [0.2, 0.25) is 0 Å². The minimum absolute atomic E-state index is 0.111. The zero-order valence-electron chi connectivity index (χ0n) is 23.9. The van der Waals surface area contributed by atoms with Gasteiger partial charge in [0.25, 0.3) is 0 Å². The van der Waals surface area contributed by atoms with Gasteiger partial charge in [0.2, 0.25) is 0 Å². The molecular weight excluding hydrogens is 543 g/mol. The molecule has 0 atom stereocenters. The second kappa shape index (κ2) is 8.97. The summed E-state index contributed by atoms with van der Waals surface area (Å²) >= 11 is 1.82. The first-order valence-electron chi connectivity index (χ1n) is 14.7. The molecular formula is C39H27N3S. The van der Waals surface area contributed by atoms with Crippen LogP contribution in [0.4, 0.5) is 0 Å². The van der Waals surface area contributed by atoms with Gasteiger partial charge in [-0.3, -0.25) is 0 Å². The Morgan fingerprint density at radius 3 is 2.21 bits per heavy atom. The summed E-state index contributed by atoms with van der Waals surface area (Å²) in [5, 5.41) is 5.85. The minimum atomic E-state index is -0.111. The maximum absolute atomic E-state index is 5.18. The van der Waals surface area contributed by atoms with E-state index < -0.39 is 0 Å². The van der Waals surface area contributed by atoms with E-state index in [0.29, 0.717) is 0 Å². The molecule has 0 amide bonds.